The van der Waals surface area contributed by atoms with E-state index >= 15 is 0 Å². The number of rotatable bonds is 4. The van der Waals surface area contributed by atoms with Crippen LogP contribution in [0.1, 0.15) is 38.7 Å². The first-order valence-corrected chi connectivity index (χ1v) is 6.84. The highest BCUT2D eigenvalue weighted by molar-refractivity contribution is 5.20. The first kappa shape index (κ1) is 14.4. The molecule has 2 rings (SSSR count). The standard InChI is InChI=1S/C15H22F2N2/c1-15(2)7-3-4-12(15)14(19-18)8-10-5-6-11(16)9-13(10)17/h5-6,9,12,14,19H,3-4,7-8,18H2,1-2H3. The summed E-state index contributed by atoms with van der Waals surface area (Å²) in [6, 6.07) is 3.77. The molecule has 2 nitrogen and oxygen atoms in total. The lowest BCUT2D eigenvalue weighted by Crippen LogP contribution is -2.46. The van der Waals surface area contributed by atoms with Gasteiger partial charge in [-0.05, 0) is 42.2 Å². The summed E-state index contributed by atoms with van der Waals surface area (Å²) in [5.41, 5.74) is 3.57. The molecule has 1 aliphatic rings. The molecule has 1 aromatic carbocycles. The normalized spacial score (nSPS) is 23.5. The molecule has 1 aromatic rings. The van der Waals surface area contributed by atoms with E-state index in [0.29, 0.717) is 17.9 Å². The van der Waals surface area contributed by atoms with Crippen molar-refractivity contribution in [1.29, 1.82) is 0 Å². The fourth-order valence-corrected chi connectivity index (χ4v) is 3.34. The summed E-state index contributed by atoms with van der Waals surface area (Å²) < 4.78 is 26.6. The average molecular weight is 268 g/mol. The molecule has 0 spiro atoms. The van der Waals surface area contributed by atoms with Crippen LogP contribution in [-0.4, -0.2) is 6.04 Å². The maximum Gasteiger partial charge on any atom is 0.129 e. The third-order valence-electron chi connectivity index (χ3n) is 4.49. The highest BCUT2D eigenvalue weighted by Crippen LogP contribution is 2.44. The molecule has 1 aliphatic carbocycles. The molecule has 19 heavy (non-hydrogen) atoms. The summed E-state index contributed by atoms with van der Waals surface area (Å²) in [6.45, 7) is 4.46. The SMILES string of the molecule is CC1(C)CCCC1C(Cc1ccc(F)cc1F)NN. The summed E-state index contributed by atoms with van der Waals surface area (Å²) in [4.78, 5) is 0. The summed E-state index contributed by atoms with van der Waals surface area (Å²) in [5.74, 6) is 5.04. The van der Waals surface area contributed by atoms with Crippen LogP contribution < -0.4 is 11.3 Å². The van der Waals surface area contributed by atoms with Gasteiger partial charge in [0, 0.05) is 12.1 Å². The number of benzene rings is 1. The minimum Gasteiger partial charge on any atom is -0.271 e. The average Bonchev–Trinajstić information content (AvgIpc) is 2.68. The second-order valence-corrected chi connectivity index (χ2v) is 6.20. The summed E-state index contributed by atoms with van der Waals surface area (Å²) >= 11 is 0. The molecule has 106 valence electrons. The van der Waals surface area contributed by atoms with Crippen LogP contribution in [0.2, 0.25) is 0 Å². The summed E-state index contributed by atoms with van der Waals surface area (Å²) in [6.07, 6.45) is 3.95. The number of nitrogens with two attached hydrogens (primary N) is 1. The van der Waals surface area contributed by atoms with Crippen LogP contribution in [0, 0.1) is 23.0 Å². The monoisotopic (exact) mass is 268 g/mol. The van der Waals surface area contributed by atoms with Crippen LogP contribution in [0.25, 0.3) is 0 Å². The first-order chi connectivity index (χ1) is 8.94. The van der Waals surface area contributed by atoms with Gasteiger partial charge < -0.3 is 0 Å². The smallest absolute Gasteiger partial charge is 0.129 e. The third kappa shape index (κ3) is 3.12. The zero-order valence-electron chi connectivity index (χ0n) is 11.5. The van der Waals surface area contributed by atoms with Crippen LogP contribution in [0.3, 0.4) is 0 Å². The first-order valence-electron chi connectivity index (χ1n) is 6.84. The Labute approximate surface area is 113 Å². The zero-order chi connectivity index (χ0) is 14.0. The number of nitrogens with one attached hydrogen (secondary N) is 1. The molecule has 0 amide bonds. The molecule has 2 atom stereocenters. The number of halogens is 2. The molecule has 0 aliphatic heterocycles. The van der Waals surface area contributed by atoms with Crippen LogP contribution >= 0.6 is 0 Å². The van der Waals surface area contributed by atoms with E-state index in [2.05, 4.69) is 19.3 Å². The Morgan fingerprint density at radius 2 is 2.16 bits per heavy atom. The number of hydrogen-bond donors (Lipinski definition) is 2. The topological polar surface area (TPSA) is 38.0 Å². The Hall–Kier alpha value is -1.00. The maximum atomic E-state index is 13.7. The van der Waals surface area contributed by atoms with Gasteiger partial charge in [0.25, 0.3) is 0 Å². The van der Waals surface area contributed by atoms with Crippen molar-refractivity contribution in [3.63, 3.8) is 0 Å². The van der Waals surface area contributed by atoms with Crippen molar-refractivity contribution in [2.75, 3.05) is 0 Å². The lowest BCUT2D eigenvalue weighted by molar-refractivity contribution is 0.195. The van der Waals surface area contributed by atoms with Gasteiger partial charge in [0.05, 0.1) is 0 Å². The van der Waals surface area contributed by atoms with E-state index < -0.39 is 11.6 Å². The molecule has 0 saturated heterocycles. The minimum absolute atomic E-state index is 0.0254. The Morgan fingerprint density at radius 3 is 2.68 bits per heavy atom. The van der Waals surface area contributed by atoms with Crippen LogP contribution in [-0.2, 0) is 6.42 Å². The Bertz CT molecular complexity index is 446. The Balaban J connectivity index is 2.15. The highest BCUT2D eigenvalue weighted by atomic mass is 19.1. The number of hydrazine groups is 1. The molecule has 0 radical (unpaired) electrons. The van der Waals surface area contributed by atoms with Crippen molar-refractivity contribution in [3.05, 3.63) is 35.4 Å². The largest absolute Gasteiger partial charge is 0.271 e. The summed E-state index contributed by atoms with van der Waals surface area (Å²) in [7, 11) is 0. The van der Waals surface area contributed by atoms with Crippen molar-refractivity contribution in [2.45, 2.75) is 45.6 Å². The fourth-order valence-electron chi connectivity index (χ4n) is 3.34. The van der Waals surface area contributed by atoms with Gasteiger partial charge in [0.15, 0.2) is 0 Å². The van der Waals surface area contributed by atoms with Crippen LogP contribution in [0.15, 0.2) is 18.2 Å². The molecule has 4 heteroatoms. The number of hydrogen-bond acceptors (Lipinski definition) is 2. The predicted octanol–water partition coefficient (Wildman–Crippen LogP) is 3.17. The van der Waals surface area contributed by atoms with Crippen molar-refractivity contribution in [1.82, 2.24) is 5.43 Å². The molecular weight excluding hydrogens is 246 g/mol. The molecule has 2 unspecified atom stereocenters. The molecule has 0 aromatic heterocycles. The van der Waals surface area contributed by atoms with Gasteiger partial charge in [0.1, 0.15) is 11.6 Å². The fraction of sp³-hybridized carbons (Fsp3) is 0.600. The van der Waals surface area contributed by atoms with Gasteiger partial charge in [-0.2, -0.15) is 0 Å². The van der Waals surface area contributed by atoms with Gasteiger partial charge in [-0.3, -0.25) is 11.3 Å². The van der Waals surface area contributed by atoms with E-state index in [1.165, 1.54) is 25.0 Å². The molecular formula is C15H22F2N2. The van der Waals surface area contributed by atoms with E-state index in [1.807, 2.05) is 0 Å². The Kier molecular flexibility index (Phi) is 4.21. The van der Waals surface area contributed by atoms with E-state index in [9.17, 15) is 8.78 Å². The summed E-state index contributed by atoms with van der Waals surface area (Å²) in [5, 5.41) is 0. The van der Waals surface area contributed by atoms with Gasteiger partial charge >= 0.3 is 0 Å². The molecule has 0 bridgehead atoms. The van der Waals surface area contributed by atoms with Gasteiger partial charge in [0.2, 0.25) is 0 Å². The second kappa shape index (κ2) is 5.55. The third-order valence-corrected chi connectivity index (χ3v) is 4.49. The van der Waals surface area contributed by atoms with Crippen molar-refractivity contribution < 1.29 is 8.78 Å². The Morgan fingerprint density at radius 1 is 1.42 bits per heavy atom. The van der Waals surface area contributed by atoms with E-state index in [1.54, 1.807) is 0 Å². The van der Waals surface area contributed by atoms with E-state index in [0.717, 1.165) is 12.5 Å². The van der Waals surface area contributed by atoms with Gasteiger partial charge in [-0.15, -0.1) is 0 Å². The minimum atomic E-state index is -0.542. The molecule has 1 saturated carbocycles. The maximum absolute atomic E-state index is 13.7. The lowest BCUT2D eigenvalue weighted by atomic mass is 9.76. The van der Waals surface area contributed by atoms with Gasteiger partial charge in [-0.25, -0.2) is 8.78 Å². The zero-order valence-corrected chi connectivity index (χ0v) is 11.5. The van der Waals surface area contributed by atoms with Gasteiger partial charge in [-0.1, -0.05) is 26.3 Å². The van der Waals surface area contributed by atoms with E-state index in [-0.39, 0.29) is 11.5 Å². The molecule has 0 heterocycles. The quantitative estimate of drug-likeness (QED) is 0.650. The second-order valence-electron chi connectivity index (χ2n) is 6.20. The van der Waals surface area contributed by atoms with Crippen LogP contribution in [0.4, 0.5) is 8.78 Å². The van der Waals surface area contributed by atoms with Crippen molar-refractivity contribution in [2.24, 2.45) is 17.2 Å². The lowest BCUT2D eigenvalue weighted by Gasteiger charge is -2.34. The highest BCUT2D eigenvalue weighted by Gasteiger charge is 2.39. The van der Waals surface area contributed by atoms with Crippen molar-refractivity contribution >= 4 is 0 Å². The molecule has 1 fully saturated rings. The van der Waals surface area contributed by atoms with E-state index in [4.69, 9.17) is 5.84 Å². The van der Waals surface area contributed by atoms with Crippen LogP contribution in [0.5, 0.6) is 0 Å². The molecule has 3 N–H and O–H groups in total. The van der Waals surface area contributed by atoms with Crippen molar-refractivity contribution in [3.8, 4) is 0 Å². The predicted molar refractivity (Wildman–Crippen MR) is 72.3 cm³/mol.